The van der Waals surface area contributed by atoms with Gasteiger partial charge >= 0.3 is 0 Å². The molecule has 0 aromatic heterocycles. The third kappa shape index (κ3) is 2.89. The van der Waals surface area contributed by atoms with Gasteiger partial charge in [0.1, 0.15) is 0 Å². The summed E-state index contributed by atoms with van der Waals surface area (Å²) in [6.07, 6.45) is 3.29. The third-order valence-corrected chi connectivity index (χ3v) is 4.31. The lowest BCUT2D eigenvalue weighted by atomic mass is 10.1. The van der Waals surface area contributed by atoms with Gasteiger partial charge in [-0.15, -0.1) is 0 Å². The maximum atomic E-state index is 12.0. The van der Waals surface area contributed by atoms with E-state index < -0.39 is 0 Å². The van der Waals surface area contributed by atoms with Gasteiger partial charge < -0.3 is 16.0 Å². The molecule has 1 heterocycles. The van der Waals surface area contributed by atoms with Crippen molar-refractivity contribution in [1.82, 2.24) is 4.90 Å². The highest BCUT2D eigenvalue weighted by Crippen LogP contribution is 2.33. The van der Waals surface area contributed by atoms with Crippen LogP contribution >= 0.6 is 0 Å². The van der Waals surface area contributed by atoms with Crippen molar-refractivity contribution in [1.29, 1.82) is 0 Å². The summed E-state index contributed by atoms with van der Waals surface area (Å²) >= 11 is 0. The molecule has 4 heteroatoms. The second-order valence-electron chi connectivity index (χ2n) is 6.18. The number of rotatable bonds is 4. The number of benzene rings is 1. The Morgan fingerprint density at radius 2 is 2.20 bits per heavy atom. The van der Waals surface area contributed by atoms with Crippen molar-refractivity contribution in [3.05, 3.63) is 23.8 Å². The number of nitrogens with two attached hydrogens (primary N) is 1. The molecule has 1 amide bonds. The zero-order chi connectivity index (χ0) is 14.1. The van der Waals surface area contributed by atoms with E-state index in [2.05, 4.69) is 11.4 Å². The van der Waals surface area contributed by atoms with Crippen molar-refractivity contribution in [2.75, 3.05) is 30.7 Å². The van der Waals surface area contributed by atoms with Gasteiger partial charge in [-0.1, -0.05) is 6.07 Å². The van der Waals surface area contributed by atoms with Gasteiger partial charge in [0, 0.05) is 25.6 Å². The molecule has 20 heavy (non-hydrogen) atoms. The molecule has 1 aliphatic carbocycles. The Morgan fingerprint density at radius 3 is 2.90 bits per heavy atom. The number of carbonyl (C=O) groups is 1. The Morgan fingerprint density at radius 1 is 1.40 bits per heavy atom. The average molecular weight is 273 g/mol. The van der Waals surface area contributed by atoms with Gasteiger partial charge in [0.15, 0.2) is 0 Å². The molecule has 1 atom stereocenters. The predicted octanol–water partition coefficient (Wildman–Crippen LogP) is 2.25. The molecule has 1 aromatic rings. The first kappa shape index (κ1) is 13.3. The number of amides is 1. The van der Waals surface area contributed by atoms with E-state index in [0.29, 0.717) is 17.7 Å². The molecule has 1 saturated carbocycles. The highest BCUT2D eigenvalue weighted by molar-refractivity contribution is 5.81. The molecule has 2 fully saturated rings. The molecule has 0 radical (unpaired) electrons. The number of carbonyl (C=O) groups excluding carboxylic acids is 1. The van der Waals surface area contributed by atoms with Gasteiger partial charge in [-0.2, -0.15) is 0 Å². The van der Waals surface area contributed by atoms with E-state index in [1.54, 1.807) is 0 Å². The fourth-order valence-electron chi connectivity index (χ4n) is 2.89. The number of anilines is 2. The minimum absolute atomic E-state index is 0.342. The minimum Gasteiger partial charge on any atom is -0.397 e. The Bertz CT molecular complexity index is 510. The zero-order valence-corrected chi connectivity index (χ0v) is 12.1. The Hall–Kier alpha value is -1.71. The fourth-order valence-corrected chi connectivity index (χ4v) is 2.89. The van der Waals surface area contributed by atoms with Crippen molar-refractivity contribution in [3.63, 3.8) is 0 Å². The van der Waals surface area contributed by atoms with Crippen molar-refractivity contribution in [3.8, 4) is 0 Å². The summed E-state index contributed by atoms with van der Waals surface area (Å²) in [5.41, 5.74) is 8.98. The molecule has 4 nitrogen and oxygen atoms in total. The number of hydrogen-bond acceptors (Lipinski definition) is 3. The number of aryl methyl sites for hydroxylation is 1. The minimum atomic E-state index is 0.342. The lowest BCUT2D eigenvalue weighted by Crippen LogP contribution is -2.30. The van der Waals surface area contributed by atoms with Crippen LogP contribution < -0.4 is 11.1 Å². The van der Waals surface area contributed by atoms with Gasteiger partial charge in [-0.25, -0.2) is 0 Å². The van der Waals surface area contributed by atoms with E-state index >= 15 is 0 Å². The van der Waals surface area contributed by atoms with Gasteiger partial charge in [0.05, 0.1) is 11.4 Å². The van der Waals surface area contributed by atoms with Crippen molar-refractivity contribution in [2.24, 2.45) is 11.8 Å². The van der Waals surface area contributed by atoms with Gasteiger partial charge in [0.25, 0.3) is 0 Å². The van der Waals surface area contributed by atoms with Crippen LogP contribution in [0.3, 0.4) is 0 Å². The van der Waals surface area contributed by atoms with E-state index in [-0.39, 0.29) is 0 Å². The maximum Gasteiger partial charge on any atom is 0.225 e. The van der Waals surface area contributed by atoms with E-state index in [0.717, 1.165) is 50.3 Å². The summed E-state index contributed by atoms with van der Waals surface area (Å²) in [5.74, 6) is 1.26. The SMILES string of the molecule is Cc1ccc(NCC2CCN(C(=O)C3CC3)C2)c(N)c1. The van der Waals surface area contributed by atoms with Crippen LogP contribution in [0.2, 0.25) is 0 Å². The van der Waals surface area contributed by atoms with E-state index in [9.17, 15) is 4.79 Å². The highest BCUT2D eigenvalue weighted by Gasteiger charge is 2.36. The largest absolute Gasteiger partial charge is 0.397 e. The lowest BCUT2D eigenvalue weighted by molar-refractivity contribution is -0.131. The summed E-state index contributed by atoms with van der Waals surface area (Å²) in [5, 5.41) is 3.42. The quantitative estimate of drug-likeness (QED) is 0.827. The molecule has 3 N–H and O–H groups in total. The molecule has 1 aliphatic heterocycles. The molecule has 0 spiro atoms. The predicted molar refractivity (Wildman–Crippen MR) is 81.5 cm³/mol. The topological polar surface area (TPSA) is 58.4 Å². The second-order valence-corrected chi connectivity index (χ2v) is 6.18. The molecule has 1 unspecified atom stereocenters. The molecular weight excluding hydrogens is 250 g/mol. The standard InChI is InChI=1S/C16H23N3O/c1-11-2-5-15(14(17)8-11)18-9-12-6-7-19(10-12)16(20)13-3-4-13/h2,5,8,12-13,18H,3-4,6-7,9-10,17H2,1H3. The maximum absolute atomic E-state index is 12.0. The number of likely N-dealkylation sites (tertiary alicyclic amines) is 1. The smallest absolute Gasteiger partial charge is 0.225 e. The number of nitrogens with zero attached hydrogens (tertiary/aromatic N) is 1. The normalized spacial score (nSPS) is 22.1. The van der Waals surface area contributed by atoms with Gasteiger partial charge in [0.2, 0.25) is 5.91 Å². The monoisotopic (exact) mass is 273 g/mol. The Kier molecular flexibility index (Phi) is 3.55. The average Bonchev–Trinajstić information content (AvgIpc) is 3.16. The van der Waals surface area contributed by atoms with E-state index in [4.69, 9.17) is 5.73 Å². The first-order valence-corrected chi connectivity index (χ1v) is 7.52. The van der Waals surface area contributed by atoms with Crippen LogP contribution in [-0.4, -0.2) is 30.4 Å². The van der Waals surface area contributed by atoms with Crippen LogP contribution in [0, 0.1) is 18.8 Å². The first-order valence-electron chi connectivity index (χ1n) is 7.52. The van der Waals surface area contributed by atoms with Crippen molar-refractivity contribution >= 4 is 17.3 Å². The van der Waals surface area contributed by atoms with Crippen LogP contribution in [0.1, 0.15) is 24.8 Å². The second kappa shape index (κ2) is 5.35. The molecule has 2 aliphatic rings. The van der Waals surface area contributed by atoms with Crippen molar-refractivity contribution < 1.29 is 4.79 Å². The van der Waals surface area contributed by atoms with Crippen LogP contribution in [0.4, 0.5) is 11.4 Å². The highest BCUT2D eigenvalue weighted by atomic mass is 16.2. The molecular formula is C16H23N3O. The Balaban J connectivity index is 1.50. The number of hydrogen-bond donors (Lipinski definition) is 2. The van der Waals surface area contributed by atoms with Crippen molar-refractivity contribution in [2.45, 2.75) is 26.2 Å². The number of nitrogen functional groups attached to an aromatic ring is 1. The van der Waals surface area contributed by atoms with E-state index in [1.807, 2.05) is 24.0 Å². The molecule has 108 valence electrons. The molecule has 3 rings (SSSR count). The first-order chi connectivity index (χ1) is 9.63. The summed E-state index contributed by atoms with van der Waals surface area (Å²) in [7, 11) is 0. The van der Waals surface area contributed by atoms with E-state index in [1.165, 1.54) is 5.56 Å². The molecule has 0 bridgehead atoms. The van der Waals surface area contributed by atoms with Crippen LogP contribution in [0.25, 0.3) is 0 Å². The summed E-state index contributed by atoms with van der Waals surface area (Å²) in [6.45, 7) is 4.75. The summed E-state index contributed by atoms with van der Waals surface area (Å²) in [4.78, 5) is 14.0. The molecule has 1 aromatic carbocycles. The summed E-state index contributed by atoms with van der Waals surface area (Å²) < 4.78 is 0. The lowest BCUT2D eigenvalue weighted by Gasteiger charge is -2.17. The third-order valence-electron chi connectivity index (χ3n) is 4.31. The zero-order valence-electron chi connectivity index (χ0n) is 12.1. The van der Waals surface area contributed by atoms with Gasteiger partial charge in [-0.3, -0.25) is 4.79 Å². The fraction of sp³-hybridized carbons (Fsp3) is 0.562. The van der Waals surface area contributed by atoms with Crippen LogP contribution in [-0.2, 0) is 4.79 Å². The van der Waals surface area contributed by atoms with Crippen LogP contribution in [0.5, 0.6) is 0 Å². The number of nitrogens with one attached hydrogen (secondary N) is 1. The Labute approximate surface area is 120 Å². The summed E-state index contributed by atoms with van der Waals surface area (Å²) in [6, 6.07) is 6.09. The van der Waals surface area contributed by atoms with Gasteiger partial charge in [-0.05, 0) is 49.8 Å². The molecule has 1 saturated heterocycles. The van der Waals surface area contributed by atoms with Crippen LogP contribution in [0.15, 0.2) is 18.2 Å².